The fourth-order valence-corrected chi connectivity index (χ4v) is 2.66. The van der Waals surface area contributed by atoms with Gasteiger partial charge in [0.15, 0.2) is 6.29 Å². The zero-order valence-corrected chi connectivity index (χ0v) is 15.0. The zero-order valence-electron chi connectivity index (χ0n) is 15.0. The lowest BCUT2D eigenvalue weighted by Gasteiger charge is -2.39. The Kier molecular flexibility index (Phi) is 7.30. The third-order valence-electron chi connectivity index (χ3n) is 4.31. The lowest BCUT2D eigenvalue weighted by molar-refractivity contribution is -0.300. The van der Waals surface area contributed by atoms with Crippen LogP contribution in [0.15, 0.2) is 11.6 Å². The molecule has 2 fully saturated rings. The first-order valence-electron chi connectivity index (χ1n) is 8.38. The van der Waals surface area contributed by atoms with Crippen molar-refractivity contribution in [1.29, 1.82) is 0 Å². The minimum atomic E-state index is -1.88. The summed E-state index contributed by atoms with van der Waals surface area (Å²) in [6.07, 6.45) is -9.42. The molecule has 2 heterocycles. The predicted molar refractivity (Wildman–Crippen MR) is 85.9 cm³/mol. The fourth-order valence-electron chi connectivity index (χ4n) is 2.66. The van der Waals surface area contributed by atoms with Crippen LogP contribution in [0.4, 0.5) is 0 Å². The molecule has 0 aromatic heterocycles. The van der Waals surface area contributed by atoms with Crippen LogP contribution in [0.2, 0.25) is 0 Å². The molecule has 0 bridgehead atoms. The number of carbonyl (C=O) groups excluding carboxylic acids is 1. The first-order chi connectivity index (χ1) is 12.6. The molecule has 0 radical (unpaired) electrons. The van der Waals surface area contributed by atoms with Crippen LogP contribution in [0.1, 0.15) is 13.8 Å². The fraction of sp³-hybridized carbons (Fsp3) is 0.812. The molecule has 0 amide bonds. The van der Waals surface area contributed by atoms with E-state index in [1.807, 2.05) is 0 Å². The highest BCUT2D eigenvalue weighted by molar-refractivity contribution is 5.82. The minimum absolute atomic E-state index is 0.367. The monoisotopic (exact) mass is 394 g/mol. The van der Waals surface area contributed by atoms with Crippen molar-refractivity contribution in [2.75, 3.05) is 19.8 Å². The van der Waals surface area contributed by atoms with Crippen LogP contribution in [0, 0.1) is 0 Å². The highest BCUT2D eigenvalue weighted by Crippen LogP contribution is 2.27. The predicted octanol–water partition coefficient (Wildman–Crippen LogP) is -3.24. The van der Waals surface area contributed by atoms with Crippen LogP contribution in [-0.4, -0.2) is 105 Å². The van der Waals surface area contributed by atoms with Crippen LogP contribution in [0.3, 0.4) is 0 Å². The summed E-state index contributed by atoms with van der Waals surface area (Å²) >= 11 is 0. The van der Waals surface area contributed by atoms with Crippen molar-refractivity contribution in [2.45, 2.75) is 62.5 Å². The quantitative estimate of drug-likeness (QED) is 0.197. The Morgan fingerprint density at radius 2 is 1.81 bits per heavy atom. The molecule has 0 aromatic rings. The molecule has 2 saturated heterocycles. The normalized spacial score (nSPS) is 42.0. The van der Waals surface area contributed by atoms with E-state index in [1.165, 1.54) is 0 Å². The van der Waals surface area contributed by atoms with Gasteiger partial charge in [0, 0.05) is 6.08 Å². The molecule has 0 saturated carbocycles. The van der Waals surface area contributed by atoms with Crippen molar-refractivity contribution in [3.8, 4) is 0 Å². The summed E-state index contributed by atoms with van der Waals surface area (Å²) in [4.78, 5) is 11.7. The Hall–Kier alpha value is -1.15. The van der Waals surface area contributed by atoms with Gasteiger partial charge in [-0.1, -0.05) is 5.57 Å². The third kappa shape index (κ3) is 5.02. The van der Waals surface area contributed by atoms with Gasteiger partial charge in [-0.3, -0.25) is 0 Å². The van der Waals surface area contributed by atoms with Gasteiger partial charge in [-0.15, -0.1) is 0 Å². The SMILES string of the molecule is CC(C)=CC(=O)O[C@@H]1O[C@H](CO[C@@H]2OCC(O)(CO)[C@@H]2O)[C@@H](O)[C@@H](O)[C@H]1O. The average molecular weight is 394 g/mol. The molecule has 8 atom stereocenters. The summed E-state index contributed by atoms with van der Waals surface area (Å²) in [6.45, 7) is 1.78. The Bertz CT molecular complexity index is 548. The van der Waals surface area contributed by atoms with E-state index in [1.54, 1.807) is 13.8 Å². The van der Waals surface area contributed by atoms with E-state index in [4.69, 9.17) is 24.1 Å². The third-order valence-corrected chi connectivity index (χ3v) is 4.31. The molecule has 0 aromatic carbocycles. The van der Waals surface area contributed by atoms with E-state index in [9.17, 15) is 30.3 Å². The molecule has 0 spiro atoms. The van der Waals surface area contributed by atoms with Crippen molar-refractivity contribution in [2.24, 2.45) is 0 Å². The van der Waals surface area contributed by atoms with E-state index in [0.717, 1.165) is 6.08 Å². The highest BCUT2D eigenvalue weighted by atomic mass is 16.7. The number of ether oxygens (including phenoxy) is 4. The molecular weight excluding hydrogens is 368 g/mol. The van der Waals surface area contributed by atoms with Crippen molar-refractivity contribution in [3.05, 3.63) is 11.6 Å². The summed E-state index contributed by atoms with van der Waals surface area (Å²) in [5.41, 5.74) is -1.23. The van der Waals surface area contributed by atoms with Crippen molar-refractivity contribution < 1.29 is 54.4 Å². The number of carbonyl (C=O) groups is 1. The Balaban J connectivity index is 1.97. The van der Waals surface area contributed by atoms with E-state index in [0.29, 0.717) is 5.57 Å². The molecule has 2 rings (SSSR count). The van der Waals surface area contributed by atoms with Crippen molar-refractivity contribution >= 4 is 5.97 Å². The Morgan fingerprint density at radius 1 is 1.15 bits per heavy atom. The number of rotatable bonds is 6. The summed E-state index contributed by atoms with van der Waals surface area (Å²) in [7, 11) is 0. The summed E-state index contributed by atoms with van der Waals surface area (Å²) in [6, 6.07) is 0. The van der Waals surface area contributed by atoms with Gasteiger partial charge >= 0.3 is 5.97 Å². The van der Waals surface area contributed by atoms with Crippen LogP contribution in [-0.2, 0) is 23.7 Å². The lowest BCUT2D eigenvalue weighted by Crippen LogP contribution is -2.60. The highest BCUT2D eigenvalue weighted by Gasteiger charge is 2.50. The molecule has 11 nitrogen and oxygen atoms in total. The molecule has 2 aliphatic rings. The topological polar surface area (TPSA) is 175 Å². The second-order valence-electron chi connectivity index (χ2n) is 6.89. The number of hydrogen-bond donors (Lipinski definition) is 6. The lowest BCUT2D eigenvalue weighted by atomic mass is 9.99. The standard InChI is InChI=1S/C16H26O11/c1-7(2)3-9(18)27-14-12(21)11(20)10(19)8(26-14)4-24-15-13(22)16(23,5-17)6-25-15/h3,8,10-15,17,19-23H,4-6H2,1-2H3/t8-,10-,11-,12-,13-,14+,15-,16?/m1/s1. The van der Waals surface area contributed by atoms with Gasteiger partial charge in [-0.2, -0.15) is 0 Å². The molecule has 0 aliphatic carbocycles. The molecular formula is C16H26O11. The molecule has 1 unspecified atom stereocenters. The van der Waals surface area contributed by atoms with E-state index >= 15 is 0 Å². The molecule has 27 heavy (non-hydrogen) atoms. The van der Waals surface area contributed by atoms with Crippen LogP contribution in [0.25, 0.3) is 0 Å². The first kappa shape index (κ1) is 22.1. The van der Waals surface area contributed by atoms with Crippen molar-refractivity contribution in [3.63, 3.8) is 0 Å². The zero-order chi connectivity index (χ0) is 20.4. The van der Waals surface area contributed by atoms with E-state index in [2.05, 4.69) is 0 Å². The molecule has 11 heteroatoms. The maximum Gasteiger partial charge on any atom is 0.333 e. The van der Waals surface area contributed by atoms with E-state index < -0.39 is 67.9 Å². The molecule has 6 N–H and O–H groups in total. The number of esters is 1. The van der Waals surface area contributed by atoms with Gasteiger partial charge < -0.3 is 49.6 Å². The average Bonchev–Trinajstić information content (AvgIpc) is 2.89. The second kappa shape index (κ2) is 8.90. The Labute approximate surface area is 155 Å². The largest absolute Gasteiger partial charge is 0.430 e. The summed E-state index contributed by atoms with van der Waals surface area (Å²) in [5.74, 6) is -0.801. The maximum atomic E-state index is 11.7. The Morgan fingerprint density at radius 3 is 2.37 bits per heavy atom. The van der Waals surface area contributed by atoms with Gasteiger partial charge in [-0.25, -0.2) is 4.79 Å². The first-order valence-corrected chi connectivity index (χ1v) is 8.38. The van der Waals surface area contributed by atoms with E-state index in [-0.39, 0.29) is 6.61 Å². The van der Waals surface area contributed by atoms with Gasteiger partial charge in [0.1, 0.15) is 36.1 Å². The molecule has 2 aliphatic heterocycles. The second-order valence-corrected chi connectivity index (χ2v) is 6.89. The van der Waals surface area contributed by atoms with Gasteiger partial charge in [0.2, 0.25) is 6.29 Å². The van der Waals surface area contributed by atoms with Crippen LogP contribution in [0.5, 0.6) is 0 Å². The van der Waals surface area contributed by atoms with Crippen LogP contribution < -0.4 is 0 Å². The summed E-state index contributed by atoms with van der Waals surface area (Å²) < 4.78 is 20.5. The number of hydrogen-bond acceptors (Lipinski definition) is 11. The smallest absolute Gasteiger partial charge is 0.333 e. The number of aliphatic hydroxyl groups excluding tert-OH is 5. The van der Waals surface area contributed by atoms with Gasteiger partial charge in [-0.05, 0) is 13.8 Å². The summed E-state index contributed by atoms with van der Waals surface area (Å²) in [5, 5.41) is 58.8. The number of allylic oxidation sites excluding steroid dienone is 1. The minimum Gasteiger partial charge on any atom is -0.430 e. The van der Waals surface area contributed by atoms with Gasteiger partial charge in [0.25, 0.3) is 0 Å². The maximum absolute atomic E-state index is 11.7. The van der Waals surface area contributed by atoms with Gasteiger partial charge in [0.05, 0.1) is 19.8 Å². The molecule has 156 valence electrons. The van der Waals surface area contributed by atoms with Crippen LogP contribution >= 0.6 is 0 Å². The number of aliphatic hydroxyl groups is 6. The van der Waals surface area contributed by atoms with Crippen molar-refractivity contribution in [1.82, 2.24) is 0 Å².